The Morgan fingerprint density at radius 3 is 1.60 bits per heavy atom. The van der Waals surface area contributed by atoms with Crippen molar-refractivity contribution >= 4 is 19.9 Å². The van der Waals surface area contributed by atoms with Crippen LogP contribution in [0.3, 0.4) is 0 Å². The van der Waals surface area contributed by atoms with E-state index in [9.17, 15) is 0 Å². The molecule has 0 radical (unpaired) electrons. The van der Waals surface area contributed by atoms with Crippen LogP contribution in [0.25, 0.3) is 0 Å². The maximum Gasteiger partial charge on any atom is -0.147 e. The Labute approximate surface area is 66.2 Å². The van der Waals surface area contributed by atoms with Crippen LogP contribution in [0, 0.1) is 0 Å². The van der Waals surface area contributed by atoms with Crippen LogP contribution in [0.4, 0.5) is 0 Å². The molecule has 0 aliphatic rings. The van der Waals surface area contributed by atoms with Gasteiger partial charge in [0.05, 0.1) is 0 Å². The Bertz CT molecular complexity index is 89.9. The van der Waals surface area contributed by atoms with Gasteiger partial charge in [-0.15, -0.1) is 12.4 Å². The zero-order valence-corrected chi connectivity index (χ0v) is 7.48. The molecule has 0 rings (SSSR count). The first-order chi connectivity index (χ1) is 3.81. The Kier molecular flexibility index (Phi) is 5.02. The molecular weight excluding hydrogens is 178 g/mol. The Morgan fingerprint density at radius 2 is 1.50 bits per heavy atom. The van der Waals surface area contributed by atoms with Crippen LogP contribution in [0.2, 0.25) is 0 Å². The Morgan fingerprint density at radius 1 is 1.10 bits per heavy atom. The number of rotatable bonds is 3. The quantitative estimate of drug-likeness (QED) is 0.488. The maximum absolute atomic E-state index is 8.41. The molecule has 66 valence electrons. The minimum atomic E-state index is -5.13. The van der Waals surface area contributed by atoms with E-state index in [1.807, 2.05) is 6.92 Å². The summed E-state index contributed by atoms with van der Waals surface area (Å²) in [5.74, 6) is 0. The zero-order valence-electron chi connectivity index (χ0n) is 5.77. The average Bonchev–Trinajstić information content (AvgIpc) is 1.57. The molecule has 6 heteroatoms. The summed E-state index contributed by atoms with van der Waals surface area (Å²) < 4.78 is 0. The monoisotopic (exact) mass is 192 g/mol. The molecule has 10 heavy (non-hydrogen) atoms. The largest absolute Gasteiger partial charge is 0.147 e. The summed E-state index contributed by atoms with van der Waals surface area (Å²) in [5.41, 5.74) is 0. The minimum Gasteiger partial charge on any atom is -0.147 e. The van der Waals surface area contributed by atoms with Gasteiger partial charge in [0.25, 0.3) is 0 Å². The fourth-order valence-corrected chi connectivity index (χ4v) is 1.32. The van der Waals surface area contributed by atoms with E-state index >= 15 is 0 Å². The van der Waals surface area contributed by atoms with E-state index < -0.39 is 7.51 Å². The summed E-state index contributed by atoms with van der Waals surface area (Å²) in [6, 6.07) is 0. The maximum atomic E-state index is 8.41. The fourth-order valence-electron chi connectivity index (χ4n) is 0.441. The standard InChI is InChI=1S/C4H13O4P.ClH/c1-2-3-4-9(5,6,7)8;/h5-8H,2-4H2,1H3;1H. The molecule has 0 aromatic rings. The molecule has 0 fully saturated rings. The molecule has 0 bridgehead atoms. The molecule has 4 nitrogen and oxygen atoms in total. The first kappa shape index (κ1) is 13.2. The smallest absolute Gasteiger partial charge is 0.147 e. The molecule has 0 aliphatic carbocycles. The van der Waals surface area contributed by atoms with E-state index in [1.165, 1.54) is 0 Å². The third kappa shape index (κ3) is 11.4. The normalized spacial score (nSPS) is 15.1. The number of halogens is 1. The van der Waals surface area contributed by atoms with E-state index in [4.69, 9.17) is 19.6 Å². The average molecular weight is 193 g/mol. The molecule has 0 aromatic heterocycles. The number of unbranched alkanes of at least 4 members (excludes halogenated alkanes) is 1. The summed E-state index contributed by atoms with van der Waals surface area (Å²) in [4.78, 5) is 33.6. The van der Waals surface area contributed by atoms with E-state index in [0.29, 0.717) is 12.8 Å². The molecule has 0 spiro atoms. The van der Waals surface area contributed by atoms with Crippen LogP contribution >= 0.6 is 19.9 Å². The predicted molar refractivity (Wildman–Crippen MR) is 42.8 cm³/mol. The molecule has 0 atom stereocenters. The fraction of sp³-hybridized carbons (Fsp3) is 1.00. The molecule has 0 saturated heterocycles. The second-order valence-electron chi connectivity index (χ2n) is 2.18. The SMILES string of the molecule is CCCCP(O)(O)(O)O.Cl. The van der Waals surface area contributed by atoms with Gasteiger partial charge in [-0.3, -0.25) is 0 Å². The third-order valence-electron chi connectivity index (χ3n) is 0.912. The van der Waals surface area contributed by atoms with Crippen molar-refractivity contribution in [2.45, 2.75) is 19.8 Å². The van der Waals surface area contributed by atoms with E-state index in [2.05, 4.69) is 0 Å². The number of hydrogen-bond acceptors (Lipinski definition) is 4. The zero-order chi connectivity index (χ0) is 7.57. The van der Waals surface area contributed by atoms with Crippen molar-refractivity contribution in [3.8, 4) is 0 Å². The second kappa shape index (κ2) is 3.81. The van der Waals surface area contributed by atoms with Gasteiger partial charge in [0.2, 0.25) is 0 Å². The summed E-state index contributed by atoms with van der Waals surface area (Å²) in [5, 5.41) is 0. The van der Waals surface area contributed by atoms with Gasteiger partial charge >= 0.3 is 53.0 Å². The first-order valence-electron chi connectivity index (χ1n) is 2.82. The molecule has 0 amide bonds. The van der Waals surface area contributed by atoms with Gasteiger partial charge in [-0.25, -0.2) is 0 Å². The van der Waals surface area contributed by atoms with E-state index in [0.717, 1.165) is 0 Å². The van der Waals surface area contributed by atoms with Crippen LogP contribution < -0.4 is 0 Å². The van der Waals surface area contributed by atoms with Gasteiger partial charge in [0.15, 0.2) is 0 Å². The van der Waals surface area contributed by atoms with Crippen LogP contribution in [0.15, 0.2) is 0 Å². The molecular formula is C4H14ClO4P. The van der Waals surface area contributed by atoms with Crippen molar-refractivity contribution < 1.29 is 19.6 Å². The Hall–Kier alpha value is 0.560. The number of hydrogen-bond donors (Lipinski definition) is 4. The molecule has 0 aromatic carbocycles. The van der Waals surface area contributed by atoms with Gasteiger partial charge in [-0.2, -0.15) is 0 Å². The summed E-state index contributed by atoms with van der Waals surface area (Å²) in [6.45, 7) is 1.82. The summed E-state index contributed by atoms with van der Waals surface area (Å²) in [7, 11) is -5.13. The molecule has 0 heterocycles. The van der Waals surface area contributed by atoms with Crippen molar-refractivity contribution in [3.63, 3.8) is 0 Å². The van der Waals surface area contributed by atoms with Gasteiger partial charge < -0.3 is 0 Å². The molecule has 4 N–H and O–H groups in total. The third-order valence-corrected chi connectivity index (χ3v) is 2.03. The minimum absolute atomic E-state index is 0. The Balaban J connectivity index is 0. The van der Waals surface area contributed by atoms with Gasteiger partial charge in [-0.05, 0) is 0 Å². The predicted octanol–water partition coefficient (Wildman–Crippen LogP) is 0.391. The molecule has 0 saturated carbocycles. The van der Waals surface area contributed by atoms with Gasteiger partial charge in [0, 0.05) is 0 Å². The molecule has 0 unspecified atom stereocenters. The van der Waals surface area contributed by atoms with Crippen molar-refractivity contribution in [3.05, 3.63) is 0 Å². The summed E-state index contributed by atoms with van der Waals surface area (Å²) >= 11 is 0. The van der Waals surface area contributed by atoms with Crippen LogP contribution in [0.1, 0.15) is 19.8 Å². The summed E-state index contributed by atoms with van der Waals surface area (Å²) in [6.07, 6.45) is 0.806. The van der Waals surface area contributed by atoms with Crippen molar-refractivity contribution in [2.75, 3.05) is 6.16 Å². The van der Waals surface area contributed by atoms with E-state index in [1.54, 1.807) is 0 Å². The van der Waals surface area contributed by atoms with Crippen molar-refractivity contribution in [1.82, 2.24) is 0 Å². The van der Waals surface area contributed by atoms with E-state index in [-0.39, 0.29) is 18.6 Å². The van der Waals surface area contributed by atoms with Crippen LogP contribution in [-0.4, -0.2) is 25.7 Å². The van der Waals surface area contributed by atoms with Crippen molar-refractivity contribution in [1.29, 1.82) is 0 Å². The topological polar surface area (TPSA) is 80.9 Å². The van der Waals surface area contributed by atoms with Gasteiger partial charge in [0.1, 0.15) is 0 Å². The first-order valence-corrected chi connectivity index (χ1v) is 5.06. The van der Waals surface area contributed by atoms with Crippen LogP contribution in [0.5, 0.6) is 0 Å². The second-order valence-corrected chi connectivity index (χ2v) is 4.83. The van der Waals surface area contributed by atoms with Crippen molar-refractivity contribution in [2.24, 2.45) is 0 Å². The van der Waals surface area contributed by atoms with Gasteiger partial charge in [-0.1, -0.05) is 0 Å². The molecule has 0 aliphatic heterocycles. The van der Waals surface area contributed by atoms with Crippen LogP contribution in [-0.2, 0) is 0 Å².